The molecule has 0 spiro atoms. The minimum absolute atomic E-state index is 0.0140. The Morgan fingerprint density at radius 1 is 1.09 bits per heavy atom. The van der Waals surface area contributed by atoms with Crippen molar-refractivity contribution in [1.82, 2.24) is 4.90 Å². The van der Waals surface area contributed by atoms with E-state index in [0.29, 0.717) is 52.2 Å². The summed E-state index contributed by atoms with van der Waals surface area (Å²) in [6.45, 7) is 3.86. The highest BCUT2D eigenvalue weighted by Crippen LogP contribution is 2.27. The molecule has 0 bridgehead atoms. The van der Waals surface area contributed by atoms with Crippen LogP contribution >= 0.6 is 0 Å². The lowest BCUT2D eigenvalue weighted by atomic mass is 9.90. The average Bonchev–Trinajstić information content (AvgIpc) is 2.56. The van der Waals surface area contributed by atoms with Gasteiger partial charge >= 0.3 is 0 Å². The molecule has 3 rings (SSSR count). The van der Waals surface area contributed by atoms with Gasteiger partial charge in [0.15, 0.2) is 0 Å². The number of β-amino-alcohol motifs (C(OH)–C–C–N with tert-alkyl or cyclic N) is 1. The summed E-state index contributed by atoms with van der Waals surface area (Å²) in [6.07, 6.45) is 2.03. The second-order valence-electron chi connectivity index (χ2n) is 6.90. The molecule has 2 aliphatic rings. The van der Waals surface area contributed by atoms with Crippen molar-refractivity contribution in [3.63, 3.8) is 0 Å². The molecule has 2 N–H and O–H groups in total. The number of rotatable bonds is 5. The van der Waals surface area contributed by atoms with Crippen LogP contribution in [0, 0.1) is 0 Å². The summed E-state index contributed by atoms with van der Waals surface area (Å²) in [5.74, 6) is 0. The fraction of sp³-hybridized carbons (Fsp3) is 0.667. The van der Waals surface area contributed by atoms with Crippen molar-refractivity contribution in [3.05, 3.63) is 35.9 Å². The van der Waals surface area contributed by atoms with Gasteiger partial charge in [0.1, 0.15) is 5.60 Å². The molecule has 0 amide bonds. The fourth-order valence-electron chi connectivity index (χ4n) is 3.61. The van der Waals surface area contributed by atoms with Gasteiger partial charge in [-0.25, -0.2) is 0 Å². The lowest BCUT2D eigenvalue weighted by Crippen LogP contribution is -2.58. The zero-order chi connectivity index (χ0) is 16.2. The molecule has 0 saturated carbocycles. The van der Waals surface area contributed by atoms with Crippen molar-refractivity contribution < 1.29 is 19.7 Å². The van der Waals surface area contributed by atoms with Crippen LogP contribution in [0.3, 0.4) is 0 Å². The standard InChI is InChI=1S/C18H27NO4/c20-15-18(12-16-4-2-1-3-5-16)14-19(8-11-23-18)13-17(21)6-9-22-10-7-17/h1-5,20-21H,6-15H2. The Hall–Kier alpha value is -0.980. The monoisotopic (exact) mass is 321 g/mol. The molecule has 128 valence electrons. The predicted molar refractivity (Wildman–Crippen MR) is 87.4 cm³/mol. The summed E-state index contributed by atoms with van der Waals surface area (Å²) in [4.78, 5) is 2.23. The second kappa shape index (κ2) is 7.28. The van der Waals surface area contributed by atoms with Crippen molar-refractivity contribution in [2.45, 2.75) is 30.5 Å². The van der Waals surface area contributed by atoms with Gasteiger partial charge in [-0.2, -0.15) is 0 Å². The first-order valence-electron chi connectivity index (χ1n) is 8.44. The van der Waals surface area contributed by atoms with E-state index in [1.54, 1.807) is 0 Å². The van der Waals surface area contributed by atoms with E-state index in [4.69, 9.17) is 9.47 Å². The molecule has 1 aromatic carbocycles. The normalized spacial score (nSPS) is 28.6. The number of ether oxygens (including phenoxy) is 2. The highest BCUT2D eigenvalue weighted by molar-refractivity contribution is 5.18. The van der Waals surface area contributed by atoms with Crippen LogP contribution in [-0.4, -0.2) is 72.4 Å². The molecule has 1 aromatic rings. The minimum Gasteiger partial charge on any atom is -0.393 e. The van der Waals surface area contributed by atoms with Crippen molar-refractivity contribution in [3.8, 4) is 0 Å². The van der Waals surface area contributed by atoms with Gasteiger partial charge in [-0.1, -0.05) is 30.3 Å². The molecule has 5 nitrogen and oxygen atoms in total. The Morgan fingerprint density at radius 2 is 1.83 bits per heavy atom. The molecule has 1 unspecified atom stereocenters. The summed E-state index contributed by atoms with van der Waals surface area (Å²) in [6, 6.07) is 10.1. The molecule has 0 aliphatic carbocycles. The van der Waals surface area contributed by atoms with E-state index in [0.717, 1.165) is 12.1 Å². The first kappa shape index (κ1) is 16.9. The maximum Gasteiger partial charge on any atom is 0.108 e. The summed E-state index contributed by atoms with van der Waals surface area (Å²) in [5, 5.41) is 20.7. The number of benzene rings is 1. The zero-order valence-corrected chi connectivity index (χ0v) is 13.6. The molecule has 0 radical (unpaired) electrons. The average molecular weight is 321 g/mol. The summed E-state index contributed by atoms with van der Waals surface area (Å²) in [5.41, 5.74) is -0.0989. The number of nitrogens with zero attached hydrogens (tertiary/aromatic N) is 1. The minimum atomic E-state index is -0.677. The second-order valence-corrected chi connectivity index (χ2v) is 6.90. The van der Waals surface area contributed by atoms with Crippen LogP contribution in [0.15, 0.2) is 30.3 Å². The van der Waals surface area contributed by atoms with Crippen molar-refractivity contribution in [2.24, 2.45) is 0 Å². The van der Waals surface area contributed by atoms with E-state index in [1.807, 2.05) is 18.2 Å². The van der Waals surface area contributed by atoms with E-state index < -0.39 is 11.2 Å². The molecular formula is C18H27NO4. The molecule has 2 heterocycles. The Kier molecular flexibility index (Phi) is 5.34. The van der Waals surface area contributed by atoms with Crippen LogP contribution in [-0.2, 0) is 15.9 Å². The molecule has 2 saturated heterocycles. The lowest BCUT2D eigenvalue weighted by molar-refractivity contribution is -0.152. The van der Waals surface area contributed by atoms with Gasteiger partial charge in [0.05, 0.1) is 18.8 Å². The topological polar surface area (TPSA) is 62.2 Å². The van der Waals surface area contributed by atoms with E-state index in [2.05, 4.69) is 17.0 Å². The Labute approximate surface area is 137 Å². The molecular weight excluding hydrogens is 294 g/mol. The van der Waals surface area contributed by atoms with Crippen molar-refractivity contribution in [1.29, 1.82) is 0 Å². The van der Waals surface area contributed by atoms with Crippen LogP contribution in [0.1, 0.15) is 18.4 Å². The third kappa shape index (κ3) is 4.31. The third-order valence-electron chi connectivity index (χ3n) is 4.93. The van der Waals surface area contributed by atoms with Gasteiger partial charge in [0, 0.05) is 52.1 Å². The molecule has 0 aromatic heterocycles. The number of aliphatic hydroxyl groups excluding tert-OH is 1. The summed E-state index contributed by atoms with van der Waals surface area (Å²) in [7, 11) is 0. The predicted octanol–water partition coefficient (Wildman–Crippen LogP) is 0.834. The molecule has 1 atom stereocenters. The molecule has 2 fully saturated rings. The summed E-state index contributed by atoms with van der Waals surface area (Å²) >= 11 is 0. The summed E-state index contributed by atoms with van der Waals surface area (Å²) < 4.78 is 11.3. The Morgan fingerprint density at radius 3 is 2.52 bits per heavy atom. The number of hydrogen-bond donors (Lipinski definition) is 2. The largest absolute Gasteiger partial charge is 0.393 e. The zero-order valence-electron chi connectivity index (χ0n) is 13.6. The van der Waals surface area contributed by atoms with Crippen LogP contribution in [0.5, 0.6) is 0 Å². The van der Waals surface area contributed by atoms with Crippen LogP contribution < -0.4 is 0 Å². The van der Waals surface area contributed by atoms with E-state index in [1.165, 1.54) is 0 Å². The van der Waals surface area contributed by atoms with E-state index in [9.17, 15) is 10.2 Å². The molecule has 2 aliphatic heterocycles. The maximum atomic E-state index is 10.7. The highest BCUT2D eigenvalue weighted by Gasteiger charge is 2.40. The SMILES string of the molecule is OCC1(Cc2ccccc2)CN(CC2(O)CCOCC2)CCO1. The number of hydrogen-bond acceptors (Lipinski definition) is 5. The highest BCUT2D eigenvalue weighted by atomic mass is 16.5. The first-order valence-corrected chi connectivity index (χ1v) is 8.44. The molecule has 23 heavy (non-hydrogen) atoms. The molecule has 5 heteroatoms. The quantitative estimate of drug-likeness (QED) is 0.841. The van der Waals surface area contributed by atoms with Gasteiger partial charge in [-0.05, 0) is 5.56 Å². The third-order valence-corrected chi connectivity index (χ3v) is 4.93. The van der Waals surface area contributed by atoms with Gasteiger partial charge in [-0.15, -0.1) is 0 Å². The first-order chi connectivity index (χ1) is 11.1. The Balaban J connectivity index is 1.65. The van der Waals surface area contributed by atoms with Gasteiger partial charge in [0.2, 0.25) is 0 Å². The van der Waals surface area contributed by atoms with Crippen LogP contribution in [0.4, 0.5) is 0 Å². The smallest absolute Gasteiger partial charge is 0.108 e. The van der Waals surface area contributed by atoms with Gasteiger partial charge < -0.3 is 19.7 Å². The van der Waals surface area contributed by atoms with Gasteiger partial charge in [-0.3, -0.25) is 4.90 Å². The van der Waals surface area contributed by atoms with E-state index >= 15 is 0 Å². The number of aliphatic hydroxyl groups is 2. The fourth-order valence-corrected chi connectivity index (χ4v) is 3.61. The Bertz CT molecular complexity index is 489. The number of morpholine rings is 1. The van der Waals surface area contributed by atoms with Crippen molar-refractivity contribution in [2.75, 3.05) is 46.1 Å². The van der Waals surface area contributed by atoms with Crippen molar-refractivity contribution >= 4 is 0 Å². The van der Waals surface area contributed by atoms with Crippen LogP contribution in [0.25, 0.3) is 0 Å². The maximum absolute atomic E-state index is 10.7. The lowest BCUT2D eigenvalue weighted by Gasteiger charge is -2.45. The van der Waals surface area contributed by atoms with Gasteiger partial charge in [0.25, 0.3) is 0 Å². The van der Waals surface area contributed by atoms with Crippen LogP contribution in [0.2, 0.25) is 0 Å². The van der Waals surface area contributed by atoms with E-state index in [-0.39, 0.29) is 6.61 Å².